The molecule has 3 aromatic carbocycles. The predicted octanol–water partition coefficient (Wildman–Crippen LogP) is 9.31. The summed E-state index contributed by atoms with van der Waals surface area (Å²) in [5, 5.41) is 0. The van der Waals surface area contributed by atoms with Gasteiger partial charge in [-0.3, -0.25) is 4.79 Å². The molecular weight excluding hydrogens is 561 g/mol. The number of carbonyl (C=O) groups excluding carboxylic acids is 1. The maximum Gasteiger partial charge on any atom is 0.278 e. The molecule has 2 aliphatic rings. The number of fused-ring (bicyclic) bond motifs is 2. The third kappa shape index (κ3) is 5.62. The second kappa shape index (κ2) is 12.3. The van der Waals surface area contributed by atoms with Gasteiger partial charge in [-0.05, 0) is 108 Å². The summed E-state index contributed by atoms with van der Waals surface area (Å²) in [6.07, 6.45) is 8.38. The van der Waals surface area contributed by atoms with Gasteiger partial charge in [0.2, 0.25) is 0 Å². The molecule has 2 atom stereocenters. The van der Waals surface area contributed by atoms with Crippen LogP contribution in [0.3, 0.4) is 0 Å². The van der Waals surface area contributed by atoms with E-state index in [0.29, 0.717) is 12.8 Å². The molecule has 0 heterocycles. The van der Waals surface area contributed by atoms with Gasteiger partial charge in [0.25, 0.3) is 10.1 Å². The summed E-state index contributed by atoms with van der Waals surface area (Å²) in [5.74, 6) is 0.0436. The Balaban J connectivity index is 1.64. The number of carbonyl (C=O) groups is 1. The summed E-state index contributed by atoms with van der Waals surface area (Å²) in [4.78, 5) is 15.9. The zero-order chi connectivity index (χ0) is 30.0. The van der Waals surface area contributed by atoms with Gasteiger partial charge >= 0.3 is 0 Å². The highest BCUT2D eigenvalue weighted by molar-refractivity contribution is 8.33. The van der Waals surface area contributed by atoms with Crippen LogP contribution >= 0.6 is 10.3 Å². The lowest BCUT2D eigenvalue weighted by Crippen LogP contribution is -2.42. The summed E-state index contributed by atoms with van der Waals surface area (Å²) in [6, 6.07) is 26.5. The lowest BCUT2D eigenvalue weighted by atomic mass is 9.70. The third-order valence-electron chi connectivity index (χ3n) is 9.99. The molecule has 0 amide bonds. The first-order valence-corrected chi connectivity index (χ1v) is 18.7. The number of Topliss-reactive ketones (excluding diaryl/α,β-unsaturated/α-hetero) is 1. The van der Waals surface area contributed by atoms with E-state index in [0.717, 1.165) is 59.6 Å². The zero-order valence-corrected chi connectivity index (χ0v) is 27.2. The van der Waals surface area contributed by atoms with Gasteiger partial charge in [-0.2, -0.15) is 8.42 Å². The minimum atomic E-state index is -4.15. The van der Waals surface area contributed by atoms with E-state index in [4.69, 9.17) is 3.63 Å². The maximum atomic E-state index is 14.4. The number of ketones is 1. The van der Waals surface area contributed by atoms with Crippen molar-refractivity contribution in [3.8, 4) is 0 Å². The molecule has 2 saturated carbocycles. The molecule has 3 aromatic rings. The molecule has 6 heteroatoms. The first-order valence-electron chi connectivity index (χ1n) is 15.6. The van der Waals surface area contributed by atoms with E-state index in [1.54, 1.807) is 0 Å². The Morgan fingerprint density at radius 3 is 1.69 bits per heavy atom. The SMILES string of the molecule is CCCCc1ccc(S(OS(=O)(=O)CC23CCC(CC2=O)C3(C)C)(c2ccccc2)c2ccc(CCCC)cc2)cc1. The fraction of sp³-hybridized carbons (Fsp3) is 0.472. The van der Waals surface area contributed by atoms with Crippen molar-refractivity contribution in [3.63, 3.8) is 0 Å². The average Bonchev–Trinajstić information content (AvgIpc) is 3.33. The molecule has 4 nitrogen and oxygen atoms in total. The molecule has 0 aliphatic heterocycles. The fourth-order valence-corrected chi connectivity index (χ4v) is 13.2. The first kappa shape index (κ1) is 31.0. The van der Waals surface area contributed by atoms with E-state index in [1.165, 1.54) is 11.1 Å². The van der Waals surface area contributed by atoms with Crippen molar-refractivity contribution in [1.29, 1.82) is 0 Å². The molecule has 2 bridgehead atoms. The quantitative estimate of drug-likeness (QED) is 0.195. The van der Waals surface area contributed by atoms with Crippen LogP contribution in [0.15, 0.2) is 93.5 Å². The predicted molar refractivity (Wildman–Crippen MR) is 172 cm³/mol. The Morgan fingerprint density at radius 1 is 0.762 bits per heavy atom. The fourth-order valence-electron chi connectivity index (χ4n) is 7.19. The Morgan fingerprint density at radius 2 is 1.26 bits per heavy atom. The average molecular weight is 607 g/mol. The third-order valence-corrected chi connectivity index (χ3v) is 15.3. The summed E-state index contributed by atoms with van der Waals surface area (Å²) < 4.78 is 35.5. The van der Waals surface area contributed by atoms with Gasteiger partial charge in [0.15, 0.2) is 0 Å². The molecule has 0 aromatic heterocycles. The Bertz CT molecular complexity index is 1430. The Kier molecular flexibility index (Phi) is 9.08. The van der Waals surface area contributed by atoms with Crippen molar-refractivity contribution in [3.05, 3.63) is 90.0 Å². The monoisotopic (exact) mass is 606 g/mol. The van der Waals surface area contributed by atoms with Crippen molar-refractivity contribution in [2.45, 2.75) is 100 Å². The van der Waals surface area contributed by atoms with E-state index >= 15 is 0 Å². The van der Waals surface area contributed by atoms with Crippen LogP contribution in [0.1, 0.15) is 83.8 Å². The molecule has 0 saturated heterocycles. The normalized spacial score (nSPS) is 22.0. The van der Waals surface area contributed by atoms with Crippen LogP contribution in [0.5, 0.6) is 0 Å². The summed E-state index contributed by atoms with van der Waals surface area (Å²) in [5.41, 5.74) is 1.20. The number of hydrogen-bond donors (Lipinski definition) is 0. The van der Waals surface area contributed by atoms with Crippen LogP contribution in [0, 0.1) is 16.7 Å². The van der Waals surface area contributed by atoms with Gasteiger partial charge in [-0.15, -0.1) is 0 Å². The van der Waals surface area contributed by atoms with E-state index in [9.17, 15) is 13.2 Å². The van der Waals surface area contributed by atoms with Crippen molar-refractivity contribution in [2.24, 2.45) is 16.7 Å². The number of benzene rings is 3. The molecule has 42 heavy (non-hydrogen) atoms. The van der Waals surface area contributed by atoms with Crippen molar-refractivity contribution in [1.82, 2.24) is 0 Å². The minimum absolute atomic E-state index is 0.0804. The lowest BCUT2D eigenvalue weighted by molar-refractivity contribution is -0.128. The van der Waals surface area contributed by atoms with Crippen molar-refractivity contribution in [2.75, 3.05) is 5.75 Å². The highest BCUT2D eigenvalue weighted by atomic mass is 32.3. The topological polar surface area (TPSA) is 60.4 Å². The molecule has 0 spiro atoms. The molecule has 0 N–H and O–H groups in total. The zero-order valence-electron chi connectivity index (χ0n) is 25.6. The van der Waals surface area contributed by atoms with Gasteiger partial charge < -0.3 is 0 Å². The number of rotatable bonds is 13. The number of hydrogen-bond acceptors (Lipinski definition) is 4. The maximum absolute atomic E-state index is 14.4. The summed E-state index contributed by atoms with van der Waals surface area (Å²) >= 11 is 0. The summed E-state index contributed by atoms with van der Waals surface area (Å²) in [6.45, 7) is 8.52. The van der Waals surface area contributed by atoms with Crippen LogP contribution in [-0.2, 0) is 31.4 Å². The van der Waals surface area contributed by atoms with E-state index in [2.05, 4.69) is 76.2 Å². The van der Waals surface area contributed by atoms with E-state index in [-0.39, 0.29) is 22.9 Å². The van der Waals surface area contributed by atoms with E-state index < -0.39 is 25.8 Å². The Hall–Kier alpha value is -2.41. The number of unbranched alkanes of at least 4 members (excludes halogenated alkanes) is 2. The second-order valence-electron chi connectivity index (χ2n) is 12.8. The van der Waals surface area contributed by atoms with Gasteiger partial charge in [0.1, 0.15) is 5.78 Å². The van der Waals surface area contributed by atoms with Crippen LogP contribution < -0.4 is 0 Å². The van der Waals surface area contributed by atoms with Gasteiger partial charge in [0.05, 0.1) is 11.2 Å². The summed E-state index contributed by atoms with van der Waals surface area (Å²) in [7, 11) is -6.83. The van der Waals surface area contributed by atoms with Crippen LogP contribution in [0.4, 0.5) is 0 Å². The minimum Gasteiger partial charge on any atom is -0.299 e. The van der Waals surface area contributed by atoms with Gasteiger partial charge in [0, 0.05) is 21.1 Å². The van der Waals surface area contributed by atoms with Gasteiger partial charge in [-0.1, -0.05) is 83.0 Å². The Labute approximate surface area is 254 Å². The largest absolute Gasteiger partial charge is 0.299 e. The standard InChI is InChI=1S/C36H46O4S2/c1-5-7-12-28-16-20-32(21-17-28)42(31-14-10-9-11-15-31,33-22-18-29(19-23-33)13-8-6-2)40-41(38,39)27-36-25-24-30(26-34(36)37)35(36,3)4/h9-11,14-23,30H,5-8,12-13,24-27H2,1-4H3. The van der Waals surface area contributed by atoms with Crippen molar-refractivity contribution < 1.29 is 16.8 Å². The molecule has 2 unspecified atom stereocenters. The van der Waals surface area contributed by atoms with Crippen LogP contribution in [0.25, 0.3) is 0 Å². The molecule has 0 radical (unpaired) electrons. The van der Waals surface area contributed by atoms with Gasteiger partial charge in [-0.25, -0.2) is 3.63 Å². The second-order valence-corrected chi connectivity index (χ2v) is 17.3. The molecule has 2 aliphatic carbocycles. The van der Waals surface area contributed by atoms with E-state index in [1.807, 2.05) is 30.3 Å². The highest BCUT2D eigenvalue weighted by Crippen LogP contribution is 2.71. The van der Waals surface area contributed by atoms with Crippen LogP contribution in [0.2, 0.25) is 0 Å². The first-order chi connectivity index (χ1) is 20.1. The number of aryl methyl sites for hydroxylation is 2. The molecular formula is C36H46O4S2. The molecule has 5 rings (SSSR count). The lowest BCUT2D eigenvalue weighted by Gasteiger charge is -2.41. The highest BCUT2D eigenvalue weighted by Gasteiger charge is 2.65. The molecule has 2 fully saturated rings. The van der Waals surface area contributed by atoms with Crippen molar-refractivity contribution >= 4 is 26.2 Å². The van der Waals surface area contributed by atoms with Crippen LogP contribution in [-0.4, -0.2) is 20.0 Å². The smallest absolute Gasteiger partial charge is 0.278 e. The molecule has 226 valence electrons.